The lowest BCUT2D eigenvalue weighted by Gasteiger charge is -2.34. The van der Waals surface area contributed by atoms with Crippen molar-refractivity contribution in [3.8, 4) is 0 Å². The standard InChI is InChI=1S/C12H21N7O/c1-9-8-20-7-6-19(9)12-16-10(13)15-11(17-12)18-4-2-14-3-5-18/h9,14H,2-8H2,1H3,(H2,13,15,16,17). The third kappa shape index (κ3) is 2.75. The maximum absolute atomic E-state index is 5.86. The number of hydrogen-bond donors (Lipinski definition) is 2. The Kier molecular flexibility index (Phi) is 3.83. The van der Waals surface area contributed by atoms with Gasteiger partial charge in [-0.15, -0.1) is 0 Å². The number of ether oxygens (including phenoxy) is 1. The predicted molar refractivity (Wildman–Crippen MR) is 76.9 cm³/mol. The van der Waals surface area contributed by atoms with Crippen molar-refractivity contribution < 1.29 is 4.74 Å². The van der Waals surface area contributed by atoms with Crippen molar-refractivity contribution in [3.05, 3.63) is 0 Å². The van der Waals surface area contributed by atoms with Crippen LogP contribution < -0.4 is 20.9 Å². The van der Waals surface area contributed by atoms with Crippen molar-refractivity contribution in [3.63, 3.8) is 0 Å². The molecular weight excluding hydrogens is 258 g/mol. The molecule has 0 aliphatic carbocycles. The van der Waals surface area contributed by atoms with Gasteiger partial charge in [-0.1, -0.05) is 0 Å². The van der Waals surface area contributed by atoms with Crippen molar-refractivity contribution in [2.45, 2.75) is 13.0 Å². The van der Waals surface area contributed by atoms with Crippen molar-refractivity contribution in [1.82, 2.24) is 20.3 Å². The fourth-order valence-corrected chi connectivity index (χ4v) is 2.53. The molecule has 1 atom stereocenters. The lowest BCUT2D eigenvalue weighted by atomic mass is 10.3. The first kappa shape index (κ1) is 13.3. The van der Waals surface area contributed by atoms with Gasteiger partial charge in [0.2, 0.25) is 17.8 Å². The first-order valence-electron chi connectivity index (χ1n) is 7.05. The summed E-state index contributed by atoms with van der Waals surface area (Å²) in [5, 5.41) is 3.31. The van der Waals surface area contributed by atoms with Gasteiger partial charge in [-0.25, -0.2) is 0 Å². The van der Waals surface area contributed by atoms with Gasteiger partial charge in [-0.3, -0.25) is 0 Å². The average Bonchev–Trinajstić information content (AvgIpc) is 2.48. The van der Waals surface area contributed by atoms with Crippen molar-refractivity contribution in [2.75, 3.05) is 61.5 Å². The summed E-state index contributed by atoms with van der Waals surface area (Å²) in [6.07, 6.45) is 0. The van der Waals surface area contributed by atoms with Gasteiger partial charge in [-0.05, 0) is 6.92 Å². The number of nitrogens with zero attached hydrogens (tertiary/aromatic N) is 5. The highest BCUT2D eigenvalue weighted by molar-refractivity contribution is 5.44. The second-order valence-electron chi connectivity index (χ2n) is 5.15. The highest BCUT2D eigenvalue weighted by Crippen LogP contribution is 2.19. The Balaban J connectivity index is 1.85. The van der Waals surface area contributed by atoms with E-state index in [-0.39, 0.29) is 12.0 Å². The molecule has 2 saturated heterocycles. The zero-order chi connectivity index (χ0) is 13.9. The zero-order valence-electron chi connectivity index (χ0n) is 11.7. The van der Waals surface area contributed by atoms with Crippen molar-refractivity contribution in [1.29, 1.82) is 0 Å². The fraction of sp³-hybridized carbons (Fsp3) is 0.750. The van der Waals surface area contributed by atoms with Crippen LogP contribution in [0.4, 0.5) is 17.8 Å². The Bertz CT molecular complexity index is 463. The molecule has 3 heterocycles. The van der Waals surface area contributed by atoms with E-state index in [4.69, 9.17) is 10.5 Å². The quantitative estimate of drug-likeness (QED) is 0.719. The second-order valence-corrected chi connectivity index (χ2v) is 5.15. The van der Waals surface area contributed by atoms with Crippen LogP contribution in [-0.4, -0.2) is 66.9 Å². The van der Waals surface area contributed by atoms with E-state index in [2.05, 4.69) is 37.0 Å². The van der Waals surface area contributed by atoms with Gasteiger partial charge in [0, 0.05) is 32.7 Å². The lowest BCUT2D eigenvalue weighted by molar-refractivity contribution is 0.0981. The molecule has 0 radical (unpaired) electrons. The van der Waals surface area contributed by atoms with Crippen molar-refractivity contribution in [2.24, 2.45) is 0 Å². The molecule has 1 aromatic rings. The lowest BCUT2D eigenvalue weighted by Crippen LogP contribution is -2.46. The molecule has 2 fully saturated rings. The van der Waals surface area contributed by atoms with Crippen LogP contribution in [0.1, 0.15) is 6.92 Å². The molecule has 8 heteroatoms. The van der Waals surface area contributed by atoms with E-state index >= 15 is 0 Å². The molecule has 8 nitrogen and oxygen atoms in total. The van der Waals surface area contributed by atoms with Crippen LogP contribution in [0.5, 0.6) is 0 Å². The SMILES string of the molecule is CC1COCCN1c1nc(N)nc(N2CCNCC2)n1. The maximum Gasteiger partial charge on any atom is 0.232 e. The van der Waals surface area contributed by atoms with Gasteiger partial charge in [-0.2, -0.15) is 15.0 Å². The van der Waals surface area contributed by atoms with Gasteiger partial charge in [0.1, 0.15) is 0 Å². The van der Waals surface area contributed by atoms with Gasteiger partial charge >= 0.3 is 0 Å². The number of nitrogens with two attached hydrogens (primary N) is 1. The molecule has 110 valence electrons. The molecule has 0 aromatic carbocycles. The summed E-state index contributed by atoms with van der Waals surface area (Å²) in [4.78, 5) is 17.4. The monoisotopic (exact) mass is 279 g/mol. The molecule has 3 N–H and O–H groups in total. The van der Waals surface area contributed by atoms with Crippen LogP contribution in [0.3, 0.4) is 0 Å². The Hall–Kier alpha value is -1.67. The molecule has 1 unspecified atom stereocenters. The second kappa shape index (κ2) is 5.76. The summed E-state index contributed by atoms with van der Waals surface area (Å²) in [5.41, 5.74) is 5.86. The van der Waals surface area contributed by atoms with Crippen molar-refractivity contribution >= 4 is 17.8 Å². The van der Waals surface area contributed by atoms with Crippen LogP contribution in [0.15, 0.2) is 0 Å². The number of anilines is 3. The molecule has 0 spiro atoms. The summed E-state index contributed by atoms with van der Waals surface area (Å²) in [5.74, 6) is 1.61. The molecule has 2 aliphatic rings. The molecule has 1 aromatic heterocycles. The first-order valence-corrected chi connectivity index (χ1v) is 7.05. The summed E-state index contributed by atoms with van der Waals surface area (Å²) in [6, 6.07) is 0.251. The molecule has 3 rings (SSSR count). The minimum absolute atomic E-state index is 0.251. The number of nitrogen functional groups attached to an aromatic ring is 1. The number of rotatable bonds is 2. The summed E-state index contributed by atoms with van der Waals surface area (Å²) in [7, 11) is 0. The molecule has 0 saturated carbocycles. The van der Waals surface area contributed by atoms with E-state index in [1.54, 1.807) is 0 Å². The van der Waals surface area contributed by atoms with E-state index in [1.807, 2.05) is 0 Å². The van der Waals surface area contributed by atoms with Crippen LogP contribution in [0.25, 0.3) is 0 Å². The van der Waals surface area contributed by atoms with Gasteiger partial charge in [0.05, 0.1) is 19.3 Å². The summed E-state index contributed by atoms with van der Waals surface area (Å²) in [6.45, 7) is 7.93. The third-order valence-corrected chi connectivity index (χ3v) is 3.65. The topological polar surface area (TPSA) is 92.4 Å². The van der Waals surface area contributed by atoms with E-state index in [0.29, 0.717) is 25.1 Å². The first-order chi connectivity index (χ1) is 9.74. The number of nitrogens with one attached hydrogen (secondary N) is 1. The van der Waals surface area contributed by atoms with Crippen LogP contribution in [0.2, 0.25) is 0 Å². The van der Waals surface area contributed by atoms with Crippen LogP contribution in [0, 0.1) is 0 Å². The highest BCUT2D eigenvalue weighted by atomic mass is 16.5. The van der Waals surface area contributed by atoms with Crippen LogP contribution in [-0.2, 0) is 4.74 Å². The molecule has 0 bridgehead atoms. The van der Waals surface area contributed by atoms with Gasteiger partial charge < -0.3 is 25.6 Å². The number of hydrogen-bond acceptors (Lipinski definition) is 8. The van der Waals surface area contributed by atoms with E-state index in [1.165, 1.54) is 0 Å². The van der Waals surface area contributed by atoms with Gasteiger partial charge in [0.25, 0.3) is 0 Å². The third-order valence-electron chi connectivity index (χ3n) is 3.65. The van der Waals surface area contributed by atoms with E-state index in [0.717, 1.165) is 32.7 Å². The summed E-state index contributed by atoms with van der Waals surface area (Å²) >= 11 is 0. The Morgan fingerprint density at radius 2 is 1.90 bits per heavy atom. The zero-order valence-corrected chi connectivity index (χ0v) is 11.7. The summed E-state index contributed by atoms with van der Waals surface area (Å²) < 4.78 is 5.45. The number of morpholine rings is 1. The largest absolute Gasteiger partial charge is 0.377 e. The Morgan fingerprint density at radius 1 is 1.15 bits per heavy atom. The number of aromatic nitrogens is 3. The molecule has 0 amide bonds. The molecule has 2 aliphatic heterocycles. The van der Waals surface area contributed by atoms with Crippen LogP contribution >= 0.6 is 0 Å². The number of piperazine rings is 1. The normalized spacial score (nSPS) is 23.9. The minimum Gasteiger partial charge on any atom is -0.377 e. The molecular formula is C12H21N7O. The van der Waals surface area contributed by atoms with Gasteiger partial charge in [0.15, 0.2) is 0 Å². The minimum atomic E-state index is 0.251. The van der Waals surface area contributed by atoms with E-state index in [9.17, 15) is 0 Å². The van der Waals surface area contributed by atoms with E-state index < -0.39 is 0 Å². The molecule has 20 heavy (non-hydrogen) atoms. The smallest absolute Gasteiger partial charge is 0.232 e. The fourth-order valence-electron chi connectivity index (χ4n) is 2.53. The predicted octanol–water partition coefficient (Wildman–Crippen LogP) is -0.911. The maximum atomic E-state index is 5.86. The Labute approximate surface area is 118 Å². The average molecular weight is 279 g/mol. The Morgan fingerprint density at radius 3 is 2.65 bits per heavy atom. The highest BCUT2D eigenvalue weighted by Gasteiger charge is 2.23.